The lowest BCUT2D eigenvalue weighted by Gasteiger charge is -2.29. The number of hydrogen-bond acceptors (Lipinski definition) is 3. The van der Waals surface area contributed by atoms with Gasteiger partial charge in [-0.2, -0.15) is 0 Å². The highest BCUT2D eigenvalue weighted by Crippen LogP contribution is 2.33. The molecule has 0 aromatic heterocycles. The fourth-order valence-electron chi connectivity index (χ4n) is 3.93. The standard InChI is InChI=1S/C23H24N2O2/c26-22-20(19-12-6-2-7-13-19)21(24-15-8-3-9-16-24)23(27)25(22)17-14-18-10-4-1-5-11-18/h1-2,4-7,10-13H,3,8-9,14-17H2. The number of carbonyl (C=O) groups is 2. The smallest absolute Gasteiger partial charge is 0.277 e. The first-order valence-corrected chi connectivity index (χ1v) is 9.70. The van der Waals surface area contributed by atoms with Gasteiger partial charge >= 0.3 is 0 Å². The average molecular weight is 360 g/mol. The van der Waals surface area contributed by atoms with Crippen LogP contribution >= 0.6 is 0 Å². The molecule has 2 heterocycles. The molecule has 1 saturated heterocycles. The van der Waals surface area contributed by atoms with E-state index < -0.39 is 0 Å². The van der Waals surface area contributed by atoms with Gasteiger partial charge in [0.1, 0.15) is 5.70 Å². The third kappa shape index (κ3) is 3.52. The van der Waals surface area contributed by atoms with E-state index in [-0.39, 0.29) is 11.8 Å². The number of piperidine rings is 1. The van der Waals surface area contributed by atoms with E-state index >= 15 is 0 Å². The molecule has 0 bridgehead atoms. The largest absolute Gasteiger partial charge is 0.366 e. The molecule has 0 N–H and O–H groups in total. The van der Waals surface area contributed by atoms with Crippen LogP contribution < -0.4 is 0 Å². The van der Waals surface area contributed by atoms with E-state index in [1.165, 1.54) is 11.3 Å². The van der Waals surface area contributed by atoms with Crippen molar-refractivity contribution in [2.24, 2.45) is 0 Å². The molecule has 27 heavy (non-hydrogen) atoms. The Hall–Kier alpha value is -2.88. The maximum atomic E-state index is 13.2. The summed E-state index contributed by atoms with van der Waals surface area (Å²) in [6.07, 6.45) is 3.99. The first kappa shape index (κ1) is 17.5. The van der Waals surface area contributed by atoms with Crippen molar-refractivity contribution in [2.75, 3.05) is 19.6 Å². The van der Waals surface area contributed by atoms with E-state index in [0.717, 1.165) is 37.1 Å². The number of amides is 2. The Morgan fingerprint density at radius 1 is 0.741 bits per heavy atom. The van der Waals surface area contributed by atoms with Crippen molar-refractivity contribution >= 4 is 17.4 Å². The summed E-state index contributed by atoms with van der Waals surface area (Å²) in [6.45, 7) is 2.10. The molecular formula is C23H24N2O2. The zero-order valence-electron chi connectivity index (χ0n) is 15.4. The molecule has 4 rings (SSSR count). The zero-order chi connectivity index (χ0) is 18.6. The summed E-state index contributed by atoms with van der Waals surface area (Å²) in [5.74, 6) is -0.306. The van der Waals surface area contributed by atoms with Gasteiger partial charge in [-0.15, -0.1) is 0 Å². The van der Waals surface area contributed by atoms with Crippen LogP contribution in [0, 0.1) is 0 Å². The lowest BCUT2D eigenvalue weighted by atomic mass is 10.0. The third-order valence-electron chi connectivity index (χ3n) is 5.35. The van der Waals surface area contributed by atoms with Crippen LogP contribution in [0.5, 0.6) is 0 Å². The first-order chi connectivity index (χ1) is 13.3. The van der Waals surface area contributed by atoms with Crippen molar-refractivity contribution in [1.29, 1.82) is 0 Å². The SMILES string of the molecule is O=C1C(c2ccccc2)=C(N2CCCCC2)C(=O)N1CCc1ccccc1. The molecule has 2 aliphatic heterocycles. The minimum atomic E-state index is -0.164. The van der Waals surface area contributed by atoms with E-state index in [9.17, 15) is 9.59 Å². The van der Waals surface area contributed by atoms with Gasteiger partial charge in [0.2, 0.25) is 0 Å². The fourth-order valence-corrected chi connectivity index (χ4v) is 3.93. The molecule has 2 amide bonds. The number of rotatable bonds is 5. The van der Waals surface area contributed by atoms with Crippen LogP contribution in [0.2, 0.25) is 0 Å². The first-order valence-electron chi connectivity index (χ1n) is 9.70. The number of carbonyl (C=O) groups excluding carboxylic acids is 2. The summed E-state index contributed by atoms with van der Waals surface area (Å²) in [4.78, 5) is 30.0. The summed E-state index contributed by atoms with van der Waals surface area (Å²) in [7, 11) is 0. The minimum Gasteiger partial charge on any atom is -0.366 e. The Balaban J connectivity index is 1.64. The van der Waals surface area contributed by atoms with Gasteiger partial charge in [0, 0.05) is 19.6 Å². The number of benzene rings is 2. The van der Waals surface area contributed by atoms with Crippen LogP contribution in [-0.2, 0) is 16.0 Å². The van der Waals surface area contributed by atoms with Crippen molar-refractivity contribution in [3.8, 4) is 0 Å². The summed E-state index contributed by atoms with van der Waals surface area (Å²) < 4.78 is 0. The van der Waals surface area contributed by atoms with E-state index in [1.807, 2.05) is 60.7 Å². The summed E-state index contributed by atoms with van der Waals surface area (Å²) in [5, 5.41) is 0. The average Bonchev–Trinajstić information content (AvgIpc) is 2.98. The monoisotopic (exact) mass is 360 g/mol. The van der Waals surface area contributed by atoms with E-state index in [0.29, 0.717) is 24.2 Å². The Bertz CT molecular complexity index is 852. The van der Waals surface area contributed by atoms with Crippen LogP contribution in [0.3, 0.4) is 0 Å². The highest BCUT2D eigenvalue weighted by atomic mass is 16.2. The van der Waals surface area contributed by atoms with Crippen LogP contribution in [0.25, 0.3) is 5.57 Å². The molecule has 0 unspecified atom stereocenters. The van der Waals surface area contributed by atoms with Gasteiger partial charge in [0.05, 0.1) is 5.57 Å². The lowest BCUT2D eigenvalue weighted by Crippen LogP contribution is -2.38. The van der Waals surface area contributed by atoms with Gasteiger partial charge in [-0.05, 0) is 36.8 Å². The van der Waals surface area contributed by atoms with Crippen molar-refractivity contribution in [2.45, 2.75) is 25.7 Å². The van der Waals surface area contributed by atoms with Gasteiger partial charge in [-0.25, -0.2) is 0 Å². The number of nitrogens with zero attached hydrogens (tertiary/aromatic N) is 2. The third-order valence-corrected chi connectivity index (χ3v) is 5.35. The van der Waals surface area contributed by atoms with Gasteiger partial charge in [-0.1, -0.05) is 60.7 Å². The number of imide groups is 1. The Kier molecular flexibility index (Phi) is 5.05. The molecule has 4 nitrogen and oxygen atoms in total. The molecule has 138 valence electrons. The normalized spacial score (nSPS) is 17.8. The molecule has 4 heteroatoms. The summed E-state index contributed by atoms with van der Waals surface area (Å²) >= 11 is 0. The summed E-state index contributed by atoms with van der Waals surface area (Å²) in [5.41, 5.74) is 3.12. The highest BCUT2D eigenvalue weighted by molar-refractivity contribution is 6.35. The minimum absolute atomic E-state index is 0.142. The van der Waals surface area contributed by atoms with Crippen molar-refractivity contribution < 1.29 is 9.59 Å². The van der Waals surface area contributed by atoms with Crippen molar-refractivity contribution in [1.82, 2.24) is 9.80 Å². The Morgan fingerprint density at radius 2 is 1.37 bits per heavy atom. The summed E-state index contributed by atoms with van der Waals surface area (Å²) in [6, 6.07) is 19.6. The molecule has 1 fully saturated rings. The van der Waals surface area contributed by atoms with Gasteiger partial charge in [0.25, 0.3) is 11.8 Å². The second-order valence-corrected chi connectivity index (χ2v) is 7.13. The topological polar surface area (TPSA) is 40.6 Å². The Labute approximate surface area is 160 Å². The molecule has 0 radical (unpaired) electrons. The zero-order valence-corrected chi connectivity index (χ0v) is 15.4. The molecule has 2 aliphatic rings. The molecule has 0 saturated carbocycles. The van der Waals surface area contributed by atoms with Crippen molar-refractivity contribution in [3.63, 3.8) is 0 Å². The maximum Gasteiger partial charge on any atom is 0.277 e. The maximum absolute atomic E-state index is 13.2. The van der Waals surface area contributed by atoms with E-state index in [1.54, 1.807) is 0 Å². The predicted octanol–water partition coefficient (Wildman–Crippen LogP) is 3.50. The van der Waals surface area contributed by atoms with Crippen molar-refractivity contribution in [3.05, 3.63) is 77.5 Å². The fraction of sp³-hybridized carbons (Fsp3) is 0.304. The molecule has 0 atom stereocenters. The molecule has 0 spiro atoms. The molecule has 2 aromatic carbocycles. The van der Waals surface area contributed by atoms with Gasteiger partial charge in [-0.3, -0.25) is 14.5 Å². The van der Waals surface area contributed by atoms with E-state index in [2.05, 4.69) is 4.90 Å². The Morgan fingerprint density at radius 3 is 2.04 bits per heavy atom. The molecule has 0 aliphatic carbocycles. The molecule has 2 aromatic rings. The van der Waals surface area contributed by atoms with Gasteiger partial charge < -0.3 is 4.90 Å². The van der Waals surface area contributed by atoms with Crippen LogP contribution in [0.15, 0.2) is 66.4 Å². The number of hydrogen-bond donors (Lipinski definition) is 0. The highest BCUT2D eigenvalue weighted by Gasteiger charge is 2.41. The van der Waals surface area contributed by atoms with E-state index in [4.69, 9.17) is 0 Å². The van der Waals surface area contributed by atoms with Crippen LogP contribution in [0.4, 0.5) is 0 Å². The molecular weight excluding hydrogens is 336 g/mol. The lowest BCUT2D eigenvalue weighted by molar-refractivity contribution is -0.137. The van der Waals surface area contributed by atoms with Gasteiger partial charge in [0.15, 0.2) is 0 Å². The quantitative estimate of drug-likeness (QED) is 0.767. The van der Waals surface area contributed by atoms with Crippen LogP contribution in [0.1, 0.15) is 30.4 Å². The second kappa shape index (κ2) is 7.78. The number of likely N-dealkylation sites (tertiary alicyclic amines) is 1. The second-order valence-electron chi connectivity index (χ2n) is 7.13. The predicted molar refractivity (Wildman–Crippen MR) is 106 cm³/mol. The van der Waals surface area contributed by atoms with Crippen LogP contribution in [-0.4, -0.2) is 41.2 Å².